The fraction of sp³-hybridized carbons (Fsp3) is 0.259. The van der Waals surface area contributed by atoms with Crippen LogP contribution in [-0.2, 0) is 6.54 Å². The Bertz CT molecular complexity index is 1110. The molecule has 1 aliphatic rings. The number of fused-ring (bicyclic) bond motifs is 1. The van der Waals surface area contributed by atoms with Gasteiger partial charge in [-0.3, -0.25) is 9.79 Å². The van der Waals surface area contributed by atoms with Crippen LogP contribution in [0.1, 0.15) is 53.4 Å². The first kappa shape index (κ1) is 20.9. The molecule has 1 aliphatic heterocycles. The van der Waals surface area contributed by atoms with E-state index in [9.17, 15) is 4.79 Å². The zero-order chi connectivity index (χ0) is 21.8. The largest absolute Gasteiger partial charge is 0.493 e. The van der Waals surface area contributed by atoms with Gasteiger partial charge in [-0.05, 0) is 53.8 Å². The molecule has 4 heteroatoms. The van der Waals surface area contributed by atoms with Crippen LogP contribution in [0.2, 0.25) is 0 Å². The Hall–Kier alpha value is -3.40. The third kappa shape index (κ3) is 4.24. The third-order valence-corrected chi connectivity index (χ3v) is 5.85. The second kappa shape index (κ2) is 9.17. The molecule has 158 valence electrons. The summed E-state index contributed by atoms with van der Waals surface area (Å²) < 4.78 is 6.03. The van der Waals surface area contributed by atoms with Gasteiger partial charge in [-0.15, -0.1) is 0 Å². The Morgan fingerprint density at radius 1 is 1.10 bits per heavy atom. The van der Waals surface area contributed by atoms with Crippen molar-refractivity contribution >= 4 is 12.1 Å². The highest BCUT2D eigenvalue weighted by molar-refractivity contribution is 5.96. The van der Waals surface area contributed by atoms with Crippen molar-refractivity contribution in [1.29, 1.82) is 0 Å². The Balaban J connectivity index is 1.62. The maximum Gasteiger partial charge on any atom is 0.254 e. The van der Waals surface area contributed by atoms with Crippen LogP contribution in [0.15, 0.2) is 71.7 Å². The van der Waals surface area contributed by atoms with Crippen LogP contribution in [0.25, 0.3) is 11.1 Å². The van der Waals surface area contributed by atoms with Crippen LogP contribution in [0.4, 0.5) is 0 Å². The molecule has 3 aromatic rings. The van der Waals surface area contributed by atoms with E-state index < -0.39 is 0 Å². The Morgan fingerprint density at radius 2 is 1.90 bits per heavy atom. The Labute approximate surface area is 184 Å². The quantitative estimate of drug-likeness (QED) is 0.484. The fourth-order valence-electron chi connectivity index (χ4n) is 3.98. The molecule has 0 spiro atoms. The summed E-state index contributed by atoms with van der Waals surface area (Å²) in [6.45, 7) is 5.44. The molecule has 4 rings (SSSR count). The van der Waals surface area contributed by atoms with Crippen LogP contribution in [0.3, 0.4) is 0 Å². The van der Waals surface area contributed by atoms with Gasteiger partial charge in [0.15, 0.2) is 0 Å². The molecule has 0 N–H and O–H groups in total. The molecule has 0 radical (unpaired) electrons. The predicted octanol–water partition coefficient (Wildman–Crippen LogP) is 5.91. The van der Waals surface area contributed by atoms with E-state index in [1.165, 1.54) is 5.56 Å². The SMILES string of the molecule is CCCOc1cc(C(=O)N(C)[C@H](C)c2cccc3c2CN=C3)ccc1-c1ccccc1. The first-order chi connectivity index (χ1) is 15.1. The number of carbonyl (C=O) groups excluding carboxylic acids is 1. The van der Waals surface area contributed by atoms with Crippen molar-refractivity contribution in [2.75, 3.05) is 13.7 Å². The topological polar surface area (TPSA) is 41.9 Å². The number of nitrogens with zero attached hydrogens (tertiary/aromatic N) is 2. The summed E-state index contributed by atoms with van der Waals surface area (Å²) in [5.41, 5.74) is 6.21. The summed E-state index contributed by atoms with van der Waals surface area (Å²) in [7, 11) is 1.86. The zero-order valence-electron chi connectivity index (χ0n) is 18.3. The smallest absolute Gasteiger partial charge is 0.254 e. The zero-order valence-corrected chi connectivity index (χ0v) is 18.3. The summed E-state index contributed by atoms with van der Waals surface area (Å²) >= 11 is 0. The molecule has 0 fully saturated rings. The van der Waals surface area contributed by atoms with E-state index in [-0.39, 0.29) is 11.9 Å². The molecule has 0 aliphatic carbocycles. The van der Waals surface area contributed by atoms with E-state index in [0.29, 0.717) is 18.7 Å². The summed E-state index contributed by atoms with van der Waals surface area (Å²) in [5.74, 6) is 0.721. The van der Waals surface area contributed by atoms with Crippen molar-refractivity contribution in [3.63, 3.8) is 0 Å². The predicted molar refractivity (Wildman–Crippen MR) is 126 cm³/mol. The van der Waals surface area contributed by atoms with Gasteiger partial charge in [0.05, 0.1) is 19.2 Å². The molecular weight excluding hydrogens is 384 g/mol. The highest BCUT2D eigenvalue weighted by Gasteiger charge is 2.24. The first-order valence-corrected chi connectivity index (χ1v) is 10.8. The van der Waals surface area contributed by atoms with E-state index in [2.05, 4.69) is 43.1 Å². The van der Waals surface area contributed by atoms with E-state index in [1.807, 2.05) is 55.7 Å². The summed E-state index contributed by atoms with van der Waals surface area (Å²) in [5, 5.41) is 0. The fourth-order valence-corrected chi connectivity index (χ4v) is 3.98. The van der Waals surface area contributed by atoms with Crippen molar-refractivity contribution in [2.24, 2.45) is 4.99 Å². The van der Waals surface area contributed by atoms with Crippen LogP contribution in [0.5, 0.6) is 5.75 Å². The van der Waals surface area contributed by atoms with Gasteiger partial charge in [-0.2, -0.15) is 0 Å². The Kier molecular flexibility index (Phi) is 6.17. The van der Waals surface area contributed by atoms with Gasteiger partial charge in [0.25, 0.3) is 5.91 Å². The minimum atomic E-state index is -0.0574. The second-order valence-corrected chi connectivity index (χ2v) is 7.90. The van der Waals surface area contributed by atoms with Gasteiger partial charge in [-0.1, -0.05) is 55.5 Å². The van der Waals surface area contributed by atoms with Gasteiger partial charge in [0.1, 0.15) is 5.75 Å². The van der Waals surface area contributed by atoms with Crippen molar-refractivity contribution < 1.29 is 9.53 Å². The second-order valence-electron chi connectivity index (χ2n) is 7.90. The number of aliphatic imine (C=N–C) groups is 1. The molecule has 1 amide bonds. The molecule has 1 atom stereocenters. The van der Waals surface area contributed by atoms with E-state index in [4.69, 9.17) is 4.74 Å². The third-order valence-electron chi connectivity index (χ3n) is 5.85. The van der Waals surface area contributed by atoms with Crippen LogP contribution in [0, 0.1) is 0 Å². The van der Waals surface area contributed by atoms with Crippen molar-refractivity contribution in [2.45, 2.75) is 32.9 Å². The standard InChI is InChI=1S/C27H28N2O2/c1-4-15-31-26-16-21(13-14-24(26)20-9-6-5-7-10-20)27(30)29(3)19(2)23-12-8-11-22-17-28-18-25(22)23/h5-14,16-17,19H,4,15,18H2,1-3H3/t19-/m1/s1. The molecule has 3 aromatic carbocycles. The number of carbonyl (C=O) groups is 1. The minimum absolute atomic E-state index is 0.0232. The summed E-state index contributed by atoms with van der Waals surface area (Å²) in [6, 6.07) is 22.0. The highest BCUT2D eigenvalue weighted by atomic mass is 16.5. The van der Waals surface area contributed by atoms with Gasteiger partial charge in [0.2, 0.25) is 0 Å². The maximum atomic E-state index is 13.4. The Morgan fingerprint density at radius 3 is 2.68 bits per heavy atom. The molecule has 4 nitrogen and oxygen atoms in total. The number of ether oxygens (including phenoxy) is 1. The normalized spacial score (nSPS) is 13.0. The molecule has 1 heterocycles. The summed E-state index contributed by atoms with van der Waals surface area (Å²) in [4.78, 5) is 19.6. The lowest BCUT2D eigenvalue weighted by atomic mass is 9.96. The lowest BCUT2D eigenvalue weighted by molar-refractivity contribution is 0.0741. The van der Waals surface area contributed by atoms with Crippen molar-refractivity contribution in [1.82, 2.24) is 4.90 Å². The van der Waals surface area contributed by atoms with Crippen molar-refractivity contribution in [3.05, 3.63) is 89.0 Å². The first-order valence-electron chi connectivity index (χ1n) is 10.8. The maximum absolute atomic E-state index is 13.4. The molecule has 0 unspecified atom stereocenters. The van der Waals surface area contributed by atoms with Gasteiger partial charge in [0, 0.05) is 24.4 Å². The molecule has 0 saturated carbocycles. The average Bonchev–Trinajstić information content (AvgIpc) is 3.31. The van der Waals surface area contributed by atoms with Gasteiger partial charge >= 0.3 is 0 Å². The molecule has 0 aromatic heterocycles. The minimum Gasteiger partial charge on any atom is -0.493 e. The summed E-state index contributed by atoms with van der Waals surface area (Å²) in [6.07, 6.45) is 2.82. The van der Waals surface area contributed by atoms with E-state index in [1.54, 1.807) is 4.90 Å². The lowest BCUT2D eigenvalue weighted by Gasteiger charge is -2.27. The number of benzene rings is 3. The van der Waals surface area contributed by atoms with Crippen LogP contribution >= 0.6 is 0 Å². The van der Waals surface area contributed by atoms with E-state index >= 15 is 0 Å². The highest BCUT2D eigenvalue weighted by Crippen LogP contribution is 2.33. The monoisotopic (exact) mass is 412 g/mol. The van der Waals surface area contributed by atoms with Gasteiger partial charge < -0.3 is 9.64 Å². The molecule has 31 heavy (non-hydrogen) atoms. The molecule has 0 saturated heterocycles. The number of hydrogen-bond donors (Lipinski definition) is 0. The van der Waals surface area contributed by atoms with Gasteiger partial charge in [-0.25, -0.2) is 0 Å². The van der Waals surface area contributed by atoms with Crippen molar-refractivity contribution in [3.8, 4) is 16.9 Å². The van der Waals surface area contributed by atoms with Crippen LogP contribution in [-0.4, -0.2) is 30.7 Å². The molecular formula is C27H28N2O2. The number of amides is 1. The lowest BCUT2D eigenvalue weighted by Crippen LogP contribution is -2.30. The molecule has 0 bridgehead atoms. The number of hydrogen-bond acceptors (Lipinski definition) is 3. The van der Waals surface area contributed by atoms with E-state index in [0.717, 1.165) is 34.4 Å². The average molecular weight is 413 g/mol. The number of rotatable bonds is 7. The van der Waals surface area contributed by atoms with Crippen LogP contribution < -0.4 is 4.74 Å².